The molecule has 4 aliphatic carbocycles. The highest BCUT2D eigenvalue weighted by atomic mass is 14.4. The molecule has 0 unspecified atom stereocenters. The van der Waals surface area contributed by atoms with Gasteiger partial charge >= 0.3 is 0 Å². The van der Waals surface area contributed by atoms with Crippen molar-refractivity contribution < 1.29 is 0 Å². The van der Waals surface area contributed by atoms with Crippen LogP contribution >= 0.6 is 0 Å². The molecule has 0 heterocycles. The lowest BCUT2D eigenvalue weighted by atomic mass is 9.72. The van der Waals surface area contributed by atoms with Gasteiger partial charge in [-0.25, -0.2) is 0 Å². The highest BCUT2D eigenvalue weighted by Gasteiger charge is 2.41. The van der Waals surface area contributed by atoms with Crippen molar-refractivity contribution in [3.05, 3.63) is 250 Å². The minimum absolute atomic E-state index is 0.185. The molecular formula is C84H74. The van der Waals surface area contributed by atoms with Crippen LogP contribution in [0.5, 0.6) is 0 Å². The second-order valence-corrected chi connectivity index (χ2v) is 29.6. The third-order valence-electron chi connectivity index (χ3n) is 21.3. The predicted octanol–water partition coefficient (Wildman–Crippen LogP) is 23.1. The molecule has 0 saturated carbocycles. The van der Waals surface area contributed by atoms with Gasteiger partial charge in [-0.3, -0.25) is 0 Å². The van der Waals surface area contributed by atoms with Crippen molar-refractivity contribution in [2.24, 2.45) is 0 Å². The molecule has 84 heavy (non-hydrogen) atoms. The summed E-state index contributed by atoms with van der Waals surface area (Å²) < 4.78 is 0. The molecule has 0 amide bonds. The molecule has 0 bridgehead atoms. The van der Waals surface area contributed by atoms with Gasteiger partial charge in [0.1, 0.15) is 0 Å². The van der Waals surface area contributed by atoms with Crippen molar-refractivity contribution in [2.75, 3.05) is 0 Å². The normalized spacial score (nSPS) is 16.1. The molecule has 4 aliphatic rings. The van der Waals surface area contributed by atoms with E-state index in [2.05, 4.69) is 291 Å². The van der Waals surface area contributed by atoms with Gasteiger partial charge in [-0.05, 0) is 236 Å². The molecule has 0 aliphatic heterocycles. The fourth-order valence-electron chi connectivity index (χ4n) is 16.7. The van der Waals surface area contributed by atoms with Crippen molar-refractivity contribution in [1.82, 2.24) is 0 Å². The van der Waals surface area contributed by atoms with Gasteiger partial charge in [0.15, 0.2) is 0 Å². The minimum Gasteiger partial charge on any atom is -0.0619 e. The van der Waals surface area contributed by atoms with E-state index < -0.39 is 0 Å². The van der Waals surface area contributed by atoms with Crippen LogP contribution in [0, 0.1) is 0 Å². The van der Waals surface area contributed by atoms with Gasteiger partial charge in [0.25, 0.3) is 0 Å². The molecular weight excluding hydrogens is 1010 g/mol. The Bertz CT molecular complexity index is 4290. The summed E-state index contributed by atoms with van der Waals surface area (Å²) in [6.07, 6.45) is 0. The number of rotatable bonds is 4. The van der Waals surface area contributed by atoms with Crippen LogP contribution in [0.1, 0.15) is 153 Å². The summed E-state index contributed by atoms with van der Waals surface area (Å²) >= 11 is 0. The summed E-state index contributed by atoms with van der Waals surface area (Å²) in [6.45, 7) is 34.0. The topological polar surface area (TPSA) is 0 Å². The molecule has 0 nitrogen and oxygen atoms in total. The highest BCUT2D eigenvalue weighted by Crippen LogP contribution is 2.60. The van der Waals surface area contributed by atoms with E-state index in [4.69, 9.17) is 0 Å². The molecule has 0 atom stereocenters. The third kappa shape index (κ3) is 6.78. The Morgan fingerprint density at radius 3 is 0.643 bits per heavy atom. The second kappa shape index (κ2) is 16.7. The summed E-state index contributed by atoms with van der Waals surface area (Å²) in [4.78, 5) is 0. The Morgan fingerprint density at radius 1 is 0.226 bits per heavy atom. The first-order valence-corrected chi connectivity index (χ1v) is 30.8. The van der Waals surface area contributed by atoms with E-state index in [1.807, 2.05) is 0 Å². The van der Waals surface area contributed by atoms with Crippen molar-refractivity contribution in [2.45, 2.75) is 129 Å². The summed E-state index contributed by atoms with van der Waals surface area (Å²) in [7, 11) is 0. The molecule has 16 rings (SSSR count). The molecule has 0 fully saturated rings. The van der Waals surface area contributed by atoms with Crippen molar-refractivity contribution in [1.29, 1.82) is 0 Å². The van der Waals surface area contributed by atoms with Crippen LogP contribution in [0.3, 0.4) is 0 Å². The lowest BCUT2D eigenvalue weighted by Gasteiger charge is -2.31. The van der Waals surface area contributed by atoms with Gasteiger partial charge in [0.2, 0.25) is 0 Å². The monoisotopic (exact) mass is 1080 g/mol. The average Bonchev–Trinajstić information content (AvgIpc) is 1.01. The lowest BCUT2D eigenvalue weighted by Crippen LogP contribution is -2.15. The summed E-state index contributed by atoms with van der Waals surface area (Å²) in [6, 6.07) is 77.1. The van der Waals surface area contributed by atoms with Gasteiger partial charge in [-0.2, -0.15) is 0 Å². The zero-order valence-electron chi connectivity index (χ0n) is 51.5. The first-order chi connectivity index (χ1) is 40.0. The first kappa shape index (κ1) is 51.3. The second-order valence-electron chi connectivity index (χ2n) is 29.6. The van der Waals surface area contributed by atoms with Crippen molar-refractivity contribution >= 4 is 32.3 Å². The molecule has 410 valence electrons. The molecule has 0 spiro atoms. The SMILES string of the molecule is CC(C)(C)c1cc2c(-c3ccc4c(c3)C(C)(C)c3ccccc3-4)c(-c3ccc4c(c3)C(C)(C)c3ccccc3-4)c3cc(C(C)(C)C)cc4c(-c5ccc6c(c5)C(C)(C)c5ccccc5-6)c(-c5ccc6c(c5)C(C)(C)c5ccccc5-6)c(c1)c2c34. The zero-order chi connectivity index (χ0) is 58.1. The van der Waals surface area contributed by atoms with Crippen LogP contribution < -0.4 is 0 Å². The molecule has 0 saturated heterocycles. The van der Waals surface area contributed by atoms with E-state index in [0.717, 1.165) is 0 Å². The van der Waals surface area contributed by atoms with Crippen LogP contribution in [-0.4, -0.2) is 0 Å². The quantitative estimate of drug-likeness (QED) is 0.154. The smallest absolute Gasteiger partial charge is 0.0159 e. The maximum absolute atomic E-state index is 2.62. The van der Waals surface area contributed by atoms with E-state index in [9.17, 15) is 0 Å². The fraction of sp³-hybridized carbons (Fsp3) is 0.238. The number of fused-ring (bicyclic) bond motifs is 12. The molecule has 12 aromatic rings. The van der Waals surface area contributed by atoms with E-state index >= 15 is 0 Å². The lowest BCUT2D eigenvalue weighted by molar-refractivity contribution is 0.591. The Labute approximate surface area is 497 Å². The summed E-state index contributed by atoms with van der Waals surface area (Å²) in [5, 5.41) is 7.96. The molecule has 0 N–H and O–H groups in total. The standard InChI is InChI=1S/C84H74/c1-79(2,3)51-43-61-73(47-31-35-57-53-23-15-19-27-65(53)81(7,8)69(57)39-47)75(49-33-37-59-55-25-17-21-29-67(55)83(11,12)71(59)41-49)63-45-52(80(4,5)6)46-64-76(50-34-38-60-56-26-18-22-30-68(56)84(13,14)72(60)42-50)74(62(44-51)77(61)78(63)64)48-32-36-58-54-24-16-20-28-66(54)82(9,10)70(58)40-48/h15-46H,1-14H3. The zero-order valence-corrected chi connectivity index (χ0v) is 51.5. The van der Waals surface area contributed by atoms with Crippen LogP contribution in [-0.2, 0) is 32.5 Å². The van der Waals surface area contributed by atoms with Gasteiger partial charge < -0.3 is 0 Å². The molecule has 0 aromatic heterocycles. The van der Waals surface area contributed by atoms with E-state index in [-0.39, 0.29) is 32.5 Å². The number of hydrogen-bond donors (Lipinski definition) is 0. The predicted molar refractivity (Wildman–Crippen MR) is 360 cm³/mol. The largest absolute Gasteiger partial charge is 0.0619 e. The average molecular weight is 1080 g/mol. The number of hydrogen-bond acceptors (Lipinski definition) is 0. The van der Waals surface area contributed by atoms with Crippen molar-refractivity contribution in [3.63, 3.8) is 0 Å². The molecule has 12 aromatic carbocycles. The Balaban J connectivity index is 1.12. The summed E-state index contributed by atoms with van der Waals surface area (Å²) in [5.74, 6) is 0. The van der Waals surface area contributed by atoms with E-state index in [1.165, 1.54) is 177 Å². The van der Waals surface area contributed by atoms with Crippen LogP contribution in [0.2, 0.25) is 0 Å². The maximum Gasteiger partial charge on any atom is 0.0159 e. The van der Waals surface area contributed by atoms with Crippen molar-refractivity contribution in [3.8, 4) is 89.0 Å². The van der Waals surface area contributed by atoms with Gasteiger partial charge in [0.05, 0.1) is 0 Å². The van der Waals surface area contributed by atoms with Crippen LogP contribution in [0.25, 0.3) is 121 Å². The number of benzene rings is 12. The summed E-state index contributed by atoms with van der Waals surface area (Å²) in [5.41, 5.74) is 33.8. The Hall–Kier alpha value is -8.32. The third-order valence-corrected chi connectivity index (χ3v) is 21.3. The van der Waals surface area contributed by atoms with Gasteiger partial charge in [-0.1, -0.05) is 243 Å². The van der Waals surface area contributed by atoms with Crippen LogP contribution in [0.4, 0.5) is 0 Å². The Morgan fingerprint density at radius 2 is 0.429 bits per heavy atom. The van der Waals surface area contributed by atoms with Gasteiger partial charge in [-0.15, -0.1) is 0 Å². The van der Waals surface area contributed by atoms with Gasteiger partial charge in [0, 0.05) is 21.7 Å². The Kier molecular flexibility index (Phi) is 10.2. The fourth-order valence-corrected chi connectivity index (χ4v) is 16.7. The highest BCUT2D eigenvalue weighted by molar-refractivity contribution is 6.36. The van der Waals surface area contributed by atoms with E-state index in [0.29, 0.717) is 0 Å². The maximum atomic E-state index is 2.62. The molecule has 0 heteroatoms. The molecule has 0 radical (unpaired) electrons. The van der Waals surface area contributed by atoms with Crippen LogP contribution in [0.15, 0.2) is 194 Å². The minimum atomic E-state index is -0.186. The first-order valence-electron chi connectivity index (χ1n) is 30.8. The van der Waals surface area contributed by atoms with E-state index in [1.54, 1.807) is 0 Å².